The quantitative estimate of drug-likeness (QED) is 0.188. The third kappa shape index (κ3) is 10.00. The Morgan fingerprint density at radius 1 is 1.09 bits per heavy atom. The molecule has 2 aromatic rings. The van der Waals surface area contributed by atoms with E-state index in [4.69, 9.17) is 9.47 Å². The summed E-state index contributed by atoms with van der Waals surface area (Å²) in [6.45, 7) is 7.09. The number of hydrogen-bond acceptors (Lipinski definition) is 4. The van der Waals surface area contributed by atoms with Crippen LogP contribution in [0.15, 0.2) is 47.5 Å². The lowest BCUT2D eigenvalue weighted by molar-refractivity contribution is 0.0827. The fraction of sp³-hybridized carbons (Fsp3) is 0.440. The molecule has 0 atom stereocenters. The van der Waals surface area contributed by atoms with E-state index in [0.29, 0.717) is 44.4 Å². The lowest BCUT2D eigenvalue weighted by Gasteiger charge is -2.16. The van der Waals surface area contributed by atoms with Gasteiger partial charge in [0.25, 0.3) is 5.91 Å². The van der Waals surface area contributed by atoms with Crippen LogP contribution in [0.3, 0.4) is 0 Å². The Hall–Kier alpha value is -2.33. The molecule has 2 rings (SSSR count). The molecule has 7 nitrogen and oxygen atoms in total. The number of hydrogen-bond donors (Lipinski definition) is 2. The highest BCUT2D eigenvalue weighted by Crippen LogP contribution is 2.20. The predicted octanol–water partition coefficient (Wildman–Crippen LogP) is 3.64. The van der Waals surface area contributed by atoms with Gasteiger partial charge in [-0.2, -0.15) is 0 Å². The van der Waals surface area contributed by atoms with Gasteiger partial charge < -0.3 is 25.0 Å². The number of aryl methyl sites for hydroxylation is 1. The molecule has 33 heavy (non-hydrogen) atoms. The zero-order chi connectivity index (χ0) is 23.3. The Morgan fingerprint density at radius 2 is 1.88 bits per heavy atom. The zero-order valence-electron chi connectivity index (χ0n) is 20.3. The summed E-state index contributed by atoms with van der Waals surface area (Å²) in [4.78, 5) is 18.1. The van der Waals surface area contributed by atoms with Crippen LogP contribution in [0.25, 0.3) is 0 Å². The molecule has 0 saturated carbocycles. The van der Waals surface area contributed by atoms with Crippen molar-refractivity contribution in [3.8, 4) is 5.75 Å². The minimum Gasteiger partial charge on any atom is -0.491 e. The topological polar surface area (TPSA) is 75.2 Å². The van der Waals surface area contributed by atoms with E-state index in [1.807, 2.05) is 44.2 Å². The van der Waals surface area contributed by atoms with Crippen molar-refractivity contribution in [1.29, 1.82) is 0 Å². The Balaban J connectivity index is 0.00000544. The lowest BCUT2D eigenvalue weighted by Crippen LogP contribution is -2.38. The van der Waals surface area contributed by atoms with Crippen molar-refractivity contribution in [2.45, 2.75) is 26.8 Å². The van der Waals surface area contributed by atoms with E-state index in [-0.39, 0.29) is 29.9 Å². The molecule has 0 bridgehead atoms. The molecule has 0 aromatic heterocycles. The smallest absolute Gasteiger partial charge is 0.253 e. The van der Waals surface area contributed by atoms with Gasteiger partial charge in [0.2, 0.25) is 0 Å². The number of guanidine groups is 1. The molecule has 8 heteroatoms. The van der Waals surface area contributed by atoms with Crippen molar-refractivity contribution in [2.24, 2.45) is 4.99 Å². The number of benzene rings is 2. The number of nitrogens with one attached hydrogen (secondary N) is 2. The zero-order valence-corrected chi connectivity index (χ0v) is 22.6. The summed E-state index contributed by atoms with van der Waals surface area (Å²) < 4.78 is 11.3. The normalized spacial score (nSPS) is 10.9. The van der Waals surface area contributed by atoms with Gasteiger partial charge in [-0.25, -0.2) is 0 Å². The fourth-order valence-corrected chi connectivity index (χ4v) is 3.14. The summed E-state index contributed by atoms with van der Waals surface area (Å²) in [7, 11) is 5.27. The molecule has 0 heterocycles. The minimum atomic E-state index is 0. The fourth-order valence-electron chi connectivity index (χ4n) is 3.14. The van der Waals surface area contributed by atoms with E-state index in [0.717, 1.165) is 28.9 Å². The van der Waals surface area contributed by atoms with Crippen molar-refractivity contribution in [3.63, 3.8) is 0 Å². The molecule has 0 spiro atoms. The molecule has 0 aliphatic carbocycles. The number of carbonyl (C=O) groups excluding carboxylic acids is 1. The second kappa shape index (κ2) is 15.5. The number of carbonyl (C=O) groups is 1. The van der Waals surface area contributed by atoms with Crippen molar-refractivity contribution in [3.05, 3.63) is 64.7 Å². The highest BCUT2D eigenvalue weighted by atomic mass is 127. The lowest BCUT2D eigenvalue weighted by atomic mass is 10.1. The van der Waals surface area contributed by atoms with Gasteiger partial charge in [-0.15, -0.1) is 24.0 Å². The largest absolute Gasteiger partial charge is 0.491 e. The van der Waals surface area contributed by atoms with E-state index in [1.165, 1.54) is 0 Å². The summed E-state index contributed by atoms with van der Waals surface area (Å²) in [5.41, 5.74) is 4.01. The molecule has 0 aliphatic heterocycles. The van der Waals surface area contributed by atoms with E-state index in [1.54, 1.807) is 26.0 Å². The summed E-state index contributed by atoms with van der Waals surface area (Å²) >= 11 is 0. The Kier molecular flexibility index (Phi) is 13.5. The molecule has 0 radical (unpaired) electrons. The van der Waals surface area contributed by atoms with Crippen LogP contribution in [0, 0.1) is 6.92 Å². The van der Waals surface area contributed by atoms with Crippen LogP contribution in [-0.4, -0.2) is 64.3 Å². The van der Waals surface area contributed by atoms with Gasteiger partial charge in [0, 0.05) is 52.0 Å². The number of rotatable bonds is 11. The molecular weight excluding hydrogens is 531 g/mol. The molecule has 182 valence electrons. The number of aliphatic imine (C=N–C) groups is 1. The van der Waals surface area contributed by atoms with Gasteiger partial charge in [0.15, 0.2) is 5.96 Å². The second-order valence-corrected chi connectivity index (χ2v) is 7.66. The molecule has 1 amide bonds. The van der Waals surface area contributed by atoms with Crippen LogP contribution in [0.5, 0.6) is 5.75 Å². The van der Waals surface area contributed by atoms with Crippen molar-refractivity contribution < 1.29 is 14.3 Å². The molecule has 2 aromatic carbocycles. The van der Waals surface area contributed by atoms with Gasteiger partial charge in [-0.05, 0) is 49.6 Å². The molecular formula is C25H37IN4O3. The maximum absolute atomic E-state index is 12.2. The summed E-state index contributed by atoms with van der Waals surface area (Å²) in [5, 5.41) is 6.68. The summed E-state index contributed by atoms with van der Waals surface area (Å²) in [6, 6.07) is 13.9. The first-order valence-electron chi connectivity index (χ1n) is 11.0. The second-order valence-electron chi connectivity index (χ2n) is 7.66. The number of amides is 1. The Morgan fingerprint density at radius 3 is 2.58 bits per heavy atom. The van der Waals surface area contributed by atoms with Gasteiger partial charge in [-0.3, -0.25) is 9.79 Å². The first-order chi connectivity index (χ1) is 15.4. The standard InChI is InChI=1S/C25H36N4O3.HI/c1-6-31-14-15-32-23-16-19(2)10-11-22(23)18-28-25(26-3)27-13-12-20-8-7-9-21(17-20)24(30)29(4)5;/h7-11,16-17H,6,12-15,18H2,1-5H3,(H2,26,27,28);1H. The van der Waals surface area contributed by atoms with Crippen LogP contribution in [0.4, 0.5) is 0 Å². The van der Waals surface area contributed by atoms with Gasteiger partial charge in [0.1, 0.15) is 12.4 Å². The van der Waals surface area contributed by atoms with Gasteiger partial charge in [-0.1, -0.05) is 24.3 Å². The van der Waals surface area contributed by atoms with E-state index in [9.17, 15) is 4.79 Å². The van der Waals surface area contributed by atoms with Crippen LogP contribution >= 0.6 is 24.0 Å². The van der Waals surface area contributed by atoms with Gasteiger partial charge in [0.05, 0.1) is 6.61 Å². The maximum Gasteiger partial charge on any atom is 0.253 e. The average Bonchev–Trinajstić information content (AvgIpc) is 2.79. The van der Waals surface area contributed by atoms with E-state index < -0.39 is 0 Å². The maximum atomic E-state index is 12.2. The first-order valence-corrected chi connectivity index (χ1v) is 11.0. The van der Waals surface area contributed by atoms with Crippen LogP contribution in [-0.2, 0) is 17.7 Å². The number of nitrogens with zero attached hydrogens (tertiary/aromatic N) is 2. The summed E-state index contributed by atoms with van der Waals surface area (Å²) in [5.74, 6) is 1.58. The van der Waals surface area contributed by atoms with Crippen molar-refractivity contribution in [2.75, 3.05) is 47.5 Å². The van der Waals surface area contributed by atoms with Gasteiger partial charge >= 0.3 is 0 Å². The number of halogens is 1. The predicted molar refractivity (Wildman–Crippen MR) is 145 cm³/mol. The highest BCUT2D eigenvalue weighted by molar-refractivity contribution is 14.0. The monoisotopic (exact) mass is 568 g/mol. The Labute approximate surface area is 215 Å². The number of ether oxygens (including phenoxy) is 2. The summed E-state index contributed by atoms with van der Waals surface area (Å²) in [6.07, 6.45) is 0.783. The van der Waals surface area contributed by atoms with Crippen LogP contribution in [0.1, 0.15) is 34.0 Å². The SMILES string of the molecule is CCOCCOc1cc(C)ccc1CNC(=NC)NCCc1cccc(C(=O)N(C)C)c1.I. The first kappa shape index (κ1) is 28.7. The third-order valence-electron chi connectivity index (χ3n) is 4.87. The molecule has 0 saturated heterocycles. The van der Waals surface area contributed by atoms with Crippen LogP contribution in [0.2, 0.25) is 0 Å². The average molecular weight is 569 g/mol. The Bertz CT molecular complexity index is 903. The molecule has 2 N–H and O–H groups in total. The molecule has 0 aliphatic rings. The third-order valence-corrected chi connectivity index (χ3v) is 4.87. The van der Waals surface area contributed by atoms with E-state index in [2.05, 4.69) is 27.8 Å². The molecule has 0 unspecified atom stereocenters. The molecule has 0 fully saturated rings. The van der Waals surface area contributed by atoms with E-state index >= 15 is 0 Å². The van der Waals surface area contributed by atoms with Crippen molar-refractivity contribution in [1.82, 2.24) is 15.5 Å². The van der Waals surface area contributed by atoms with Crippen LogP contribution < -0.4 is 15.4 Å². The highest BCUT2D eigenvalue weighted by Gasteiger charge is 2.09. The minimum absolute atomic E-state index is 0. The van der Waals surface area contributed by atoms with Crippen molar-refractivity contribution >= 4 is 35.8 Å².